The Morgan fingerprint density at radius 3 is 2.35 bits per heavy atom. The molecule has 0 bridgehead atoms. The van der Waals surface area contributed by atoms with Gasteiger partial charge in [0.25, 0.3) is 0 Å². The summed E-state index contributed by atoms with van der Waals surface area (Å²) in [4.78, 5) is 14.8. The third-order valence-corrected chi connectivity index (χ3v) is 2.80. The van der Waals surface area contributed by atoms with Crippen molar-refractivity contribution in [2.24, 2.45) is 0 Å². The maximum atomic E-state index is 12.0. The van der Waals surface area contributed by atoms with Crippen molar-refractivity contribution in [1.29, 1.82) is 0 Å². The highest BCUT2D eigenvalue weighted by molar-refractivity contribution is 6.35. The van der Waals surface area contributed by atoms with E-state index in [-0.39, 0.29) is 16.3 Å². The van der Waals surface area contributed by atoms with E-state index in [4.69, 9.17) is 11.6 Å². The zero-order valence-electron chi connectivity index (χ0n) is 9.82. The Labute approximate surface area is 117 Å². The Morgan fingerprint density at radius 2 is 1.80 bits per heavy atom. The molecule has 7 heteroatoms. The molecule has 0 saturated heterocycles. The van der Waals surface area contributed by atoms with Crippen molar-refractivity contribution in [3.63, 3.8) is 0 Å². The number of benzene rings is 1. The second-order valence-corrected chi connectivity index (χ2v) is 4.13. The van der Waals surface area contributed by atoms with Crippen molar-refractivity contribution < 1.29 is 22.7 Å². The van der Waals surface area contributed by atoms with Crippen molar-refractivity contribution in [3.05, 3.63) is 47.1 Å². The average molecular weight is 302 g/mol. The van der Waals surface area contributed by atoms with E-state index >= 15 is 0 Å². The molecule has 0 amide bonds. The van der Waals surface area contributed by atoms with E-state index in [0.29, 0.717) is 17.5 Å². The molecule has 0 radical (unpaired) electrons. The molecule has 20 heavy (non-hydrogen) atoms. The van der Waals surface area contributed by atoms with Crippen molar-refractivity contribution >= 4 is 17.9 Å². The number of alkyl halides is 3. The lowest BCUT2D eigenvalue weighted by molar-refractivity contribution is -0.274. The topological polar surface area (TPSA) is 39.2 Å². The van der Waals surface area contributed by atoms with E-state index in [1.165, 1.54) is 24.4 Å². The number of rotatable bonds is 3. The molecule has 0 aliphatic rings. The first kappa shape index (κ1) is 14.3. The normalized spacial score (nSPS) is 11.2. The van der Waals surface area contributed by atoms with Gasteiger partial charge in [0.05, 0.1) is 10.7 Å². The zero-order chi connectivity index (χ0) is 14.8. The fraction of sp³-hybridized carbons (Fsp3) is 0.0769. The number of carbonyl (C=O) groups is 1. The van der Waals surface area contributed by atoms with Crippen LogP contribution in [-0.4, -0.2) is 17.6 Å². The van der Waals surface area contributed by atoms with Gasteiger partial charge in [-0.15, -0.1) is 13.2 Å². The molecule has 3 nitrogen and oxygen atoms in total. The van der Waals surface area contributed by atoms with Gasteiger partial charge >= 0.3 is 6.36 Å². The van der Waals surface area contributed by atoms with E-state index in [2.05, 4.69) is 9.72 Å². The minimum absolute atomic E-state index is 0.145. The smallest absolute Gasteiger partial charge is 0.406 e. The molecule has 0 aliphatic carbocycles. The largest absolute Gasteiger partial charge is 0.573 e. The fourth-order valence-electron chi connectivity index (χ4n) is 1.57. The van der Waals surface area contributed by atoms with E-state index in [9.17, 15) is 18.0 Å². The van der Waals surface area contributed by atoms with Crippen LogP contribution in [0.25, 0.3) is 11.3 Å². The molecule has 0 N–H and O–H groups in total. The third-order valence-electron chi connectivity index (χ3n) is 2.41. The molecular weight excluding hydrogens is 295 g/mol. The van der Waals surface area contributed by atoms with Crippen LogP contribution in [0, 0.1) is 0 Å². The summed E-state index contributed by atoms with van der Waals surface area (Å²) in [6, 6.07) is 6.50. The number of aromatic nitrogens is 1. The maximum absolute atomic E-state index is 12.0. The van der Waals surface area contributed by atoms with E-state index < -0.39 is 6.36 Å². The molecule has 0 unspecified atom stereocenters. The highest BCUT2D eigenvalue weighted by atomic mass is 35.5. The van der Waals surface area contributed by atoms with Crippen LogP contribution in [0.4, 0.5) is 13.2 Å². The third kappa shape index (κ3) is 3.27. The van der Waals surface area contributed by atoms with Crippen LogP contribution >= 0.6 is 11.6 Å². The molecular formula is C13H7ClF3NO2. The first-order chi connectivity index (χ1) is 9.40. The summed E-state index contributed by atoms with van der Waals surface area (Å²) >= 11 is 5.98. The highest BCUT2D eigenvalue weighted by Crippen LogP contribution is 2.30. The predicted molar refractivity (Wildman–Crippen MR) is 66.8 cm³/mol. The summed E-state index contributed by atoms with van der Waals surface area (Å²) in [6.45, 7) is 0. The molecule has 104 valence electrons. The number of nitrogens with zero attached hydrogens (tertiary/aromatic N) is 1. The summed E-state index contributed by atoms with van der Waals surface area (Å²) in [5, 5.41) is 0.145. The first-order valence-corrected chi connectivity index (χ1v) is 5.74. The van der Waals surface area contributed by atoms with Gasteiger partial charge in [-0.25, -0.2) is 0 Å². The van der Waals surface area contributed by atoms with Gasteiger partial charge in [0.2, 0.25) is 0 Å². The van der Waals surface area contributed by atoms with Gasteiger partial charge in [-0.2, -0.15) is 0 Å². The lowest BCUT2D eigenvalue weighted by Crippen LogP contribution is -2.16. The summed E-state index contributed by atoms with van der Waals surface area (Å²) in [7, 11) is 0. The Balaban J connectivity index is 2.33. The summed E-state index contributed by atoms with van der Waals surface area (Å²) < 4.78 is 39.9. The van der Waals surface area contributed by atoms with Crippen molar-refractivity contribution in [3.8, 4) is 17.0 Å². The lowest BCUT2D eigenvalue weighted by atomic mass is 10.1. The quantitative estimate of drug-likeness (QED) is 0.801. The van der Waals surface area contributed by atoms with Gasteiger partial charge in [0.15, 0.2) is 6.29 Å². The number of carbonyl (C=O) groups excluding carboxylic acids is 1. The van der Waals surface area contributed by atoms with Crippen LogP contribution in [0.5, 0.6) is 5.75 Å². The Kier molecular flexibility index (Phi) is 3.94. The molecule has 0 fully saturated rings. The molecule has 0 atom stereocenters. The summed E-state index contributed by atoms with van der Waals surface area (Å²) in [5.41, 5.74) is 1.05. The minimum Gasteiger partial charge on any atom is -0.406 e. The minimum atomic E-state index is -4.74. The number of ether oxygens (including phenoxy) is 1. The SMILES string of the molecule is O=Cc1ccnc(-c2ccc(OC(F)(F)F)cc2)c1Cl. The Bertz CT molecular complexity index is 627. The highest BCUT2D eigenvalue weighted by Gasteiger charge is 2.31. The molecule has 1 aromatic carbocycles. The van der Waals surface area contributed by atoms with Gasteiger partial charge in [0, 0.05) is 17.3 Å². The van der Waals surface area contributed by atoms with E-state index in [1.54, 1.807) is 0 Å². The fourth-order valence-corrected chi connectivity index (χ4v) is 1.83. The molecule has 1 aromatic heterocycles. The van der Waals surface area contributed by atoms with E-state index in [0.717, 1.165) is 12.1 Å². The number of hydrogen-bond donors (Lipinski definition) is 0. The molecule has 0 saturated carbocycles. The predicted octanol–water partition coefficient (Wildman–Crippen LogP) is 4.11. The molecule has 0 spiro atoms. The van der Waals surface area contributed by atoms with Crippen LogP contribution in [0.3, 0.4) is 0 Å². The number of hydrogen-bond acceptors (Lipinski definition) is 3. The number of aldehydes is 1. The van der Waals surface area contributed by atoms with Crippen LogP contribution in [-0.2, 0) is 0 Å². The zero-order valence-corrected chi connectivity index (χ0v) is 10.6. The summed E-state index contributed by atoms with van der Waals surface area (Å²) in [6.07, 6.45) is -2.77. The van der Waals surface area contributed by atoms with Gasteiger partial charge in [-0.1, -0.05) is 11.6 Å². The maximum Gasteiger partial charge on any atom is 0.573 e. The average Bonchev–Trinajstić information content (AvgIpc) is 2.38. The second kappa shape index (κ2) is 5.50. The number of pyridine rings is 1. The van der Waals surface area contributed by atoms with Gasteiger partial charge in [-0.05, 0) is 30.3 Å². The van der Waals surface area contributed by atoms with Crippen molar-refractivity contribution in [2.75, 3.05) is 0 Å². The number of halogens is 4. The van der Waals surface area contributed by atoms with Crippen LogP contribution in [0.2, 0.25) is 5.02 Å². The molecule has 1 heterocycles. The van der Waals surface area contributed by atoms with Gasteiger partial charge in [-0.3, -0.25) is 9.78 Å². The standard InChI is InChI=1S/C13H7ClF3NO2/c14-11-9(7-19)5-6-18-12(11)8-1-3-10(4-2-8)20-13(15,16)17/h1-7H. The molecule has 2 aromatic rings. The van der Waals surface area contributed by atoms with Gasteiger partial charge < -0.3 is 4.74 Å². The lowest BCUT2D eigenvalue weighted by Gasteiger charge is -2.10. The van der Waals surface area contributed by atoms with Crippen LogP contribution in [0.1, 0.15) is 10.4 Å². The Hall–Kier alpha value is -2.08. The van der Waals surface area contributed by atoms with E-state index in [1.807, 2.05) is 0 Å². The second-order valence-electron chi connectivity index (χ2n) is 3.75. The monoisotopic (exact) mass is 301 g/mol. The first-order valence-electron chi connectivity index (χ1n) is 5.36. The van der Waals surface area contributed by atoms with Crippen LogP contribution < -0.4 is 4.74 Å². The van der Waals surface area contributed by atoms with Crippen molar-refractivity contribution in [1.82, 2.24) is 4.98 Å². The Morgan fingerprint density at radius 1 is 1.15 bits per heavy atom. The van der Waals surface area contributed by atoms with Gasteiger partial charge in [0.1, 0.15) is 5.75 Å². The van der Waals surface area contributed by atoms with Crippen molar-refractivity contribution in [2.45, 2.75) is 6.36 Å². The summed E-state index contributed by atoms with van der Waals surface area (Å²) in [5.74, 6) is -0.344. The van der Waals surface area contributed by atoms with Crippen LogP contribution in [0.15, 0.2) is 36.5 Å². The molecule has 0 aliphatic heterocycles. The molecule has 2 rings (SSSR count).